The average Bonchev–Trinajstić information content (AvgIpc) is 2.69. The summed E-state index contributed by atoms with van der Waals surface area (Å²) >= 11 is 6.26. The Hall–Kier alpha value is -2.97. The summed E-state index contributed by atoms with van der Waals surface area (Å²) in [5.74, 6) is -0.496. The molecule has 2 aromatic carbocycles. The predicted octanol–water partition coefficient (Wildman–Crippen LogP) is 3.72. The van der Waals surface area contributed by atoms with Gasteiger partial charge in [-0.05, 0) is 35.4 Å². The van der Waals surface area contributed by atoms with E-state index in [0.717, 1.165) is 11.1 Å². The Morgan fingerprint density at radius 3 is 2.62 bits per heavy atom. The van der Waals surface area contributed by atoms with Crippen LogP contribution in [0.4, 0.5) is 10.1 Å². The lowest BCUT2D eigenvalue weighted by Gasteiger charge is -2.24. The highest BCUT2D eigenvalue weighted by Gasteiger charge is 2.28. The molecular formula is C20H16ClFN4O2S. The number of pyridine rings is 1. The number of nitrogens with one attached hydrogen (secondary N) is 2. The molecule has 1 aliphatic heterocycles. The van der Waals surface area contributed by atoms with E-state index in [1.54, 1.807) is 12.1 Å². The number of hydrogen-bond acceptors (Lipinski definition) is 4. The van der Waals surface area contributed by atoms with Gasteiger partial charge in [-0.2, -0.15) is 0 Å². The minimum absolute atomic E-state index is 0.00848. The number of aliphatic imine (C=N–C) groups is 1. The number of aromatic nitrogens is 1. The number of para-hydroxylation sites is 1. The zero-order valence-electron chi connectivity index (χ0n) is 15.1. The second-order valence-electron chi connectivity index (χ2n) is 6.39. The molecule has 148 valence electrons. The van der Waals surface area contributed by atoms with E-state index in [4.69, 9.17) is 11.6 Å². The zero-order valence-corrected chi connectivity index (χ0v) is 16.6. The molecule has 0 fully saturated rings. The van der Waals surface area contributed by atoms with Crippen LogP contribution in [0.5, 0.6) is 0 Å². The van der Waals surface area contributed by atoms with Gasteiger partial charge in [0, 0.05) is 17.6 Å². The summed E-state index contributed by atoms with van der Waals surface area (Å²) in [6, 6.07) is 15.1. The first-order chi connectivity index (χ1) is 13.9. The lowest BCUT2D eigenvalue weighted by atomic mass is 10.0. The first kappa shape index (κ1) is 19.4. The molecule has 0 radical (unpaired) electrons. The summed E-state index contributed by atoms with van der Waals surface area (Å²) in [7, 11) is -3.82. The van der Waals surface area contributed by atoms with Crippen LogP contribution in [-0.2, 0) is 23.0 Å². The van der Waals surface area contributed by atoms with Crippen molar-refractivity contribution in [1.29, 1.82) is 0 Å². The smallest absolute Gasteiger partial charge is 0.266 e. The van der Waals surface area contributed by atoms with Crippen LogP contribution in [-0.4, -0.2) is 19.4 Å². The maximum atomic E-state index is 13.8. The molecule has 9 heteroatoms. The Morgan fingerprint density at radius 2 is 1.83 bits per heavy atom. The van der Waals surface area contributed by atoms with Crippen molar-refractivity contribution in [3.8, 4) is 0 Å². The van der Waals surface area contributed by atoms with Gasteiger partial charge in [-0.25, -0.2) is 22.5 Å². The fraction of sp³-hybridized carbons (Fsp3) is 0.100. The summed E-state index contributed by atoms with van der Waals surface area (Å²) in [5, 5.41) is 3.62. The van der Waals surface area contributed by atoms with Crippen LogP contribution in [0.3, 0.4) is 0 Å². The molecule has 1 aliphatic rings. The van der Waals surface area contributed by atoms with E-state index in [1.807, 2.05) is 24.3 Å². The minimum atomic E-state index is -3.82. The number of hydrogen-bond donors (Lipinski definition) is 2. The Kier molecular flexibility index (Phi) is 5.21. The number of guanidine groups is 1. The molecule has 0 bridgehead atoms. The fourth-order valence-electron chi connectivity index (χ4n) is 3.02. The Bertz CT molecular complexity index is 1210. The topological polar surface area (TPSA) is 83.5 Å². The van der Waals surface area contributed by atoms with E-state index in [9.17, 15) is 12.8 Å². The number of anilines is 1. The molecule has 1 aromatic heterocycles. The zero-order chi connectivity index (χ0) is 20.4. The van der Waals surface area contributed by atoms with Gasteiger partial charge >= 0.3 is 0 Å². The highest BCUT2D eigenvalue weighted by molar-refractivity contribution is 7.90. The van der Waals surface area contributed by atoms with Gasteiger partial charge in [0.1, 0.15) is 10.7 Å². The molecule has 6 nitrogen and oxygen atoms in total. The van der Waals surface area contributed by atoms with Crippen LogP contribution in [0.1, 0.15) is 16.8 Å². The lowest BCUT2D eigenvalue weighted by molar-refractivity contribution is 0.591. The number of sulfonamides is 1. The Labute approximate surface area is 172 Å². The molecule has 29 heavy (non-hydrogen) atoms. The van der Waals surface area contributed by atoms with Crippen LogP contribution in [0.25, 0.3) is 0 Å². The lowest BCUT2D eigenvalue weighted by Crippen LogP contribution is -2.41. The van der Waals surface area contributed by atoms with Crippen molar-refractivity contribution < 1.29 is 12.8 Å². The summed E-state index contributed by atoms with van der Waals surface area (Å²) in [6.07, 6.45) is 1.89. The highest BCUT2D eigenvalue weighted by Crippen LogP contribution is 2.31. The third kappa shape index (κ3) is 4.08. The molecule has 3 aromatic rings. The van der Waals surface area contributed by atoms with Crippen molar-refractivity contribution in [2.24, 2.45) is 4.99 Å². The number of halogens is 2. The number of nitrogens with zero attached hydrogens (tertiary/aromatic N) is 2. The Morgan fingerprint density at radius 1 is 1.03 bits per heavy atom. The molecular weight excluding hydrogens is 415 g/mol. The largest absolute Gasteiger partial charge is 0.324 e. The molecule has 2 heterocycles. The molecule has 0 aliphatic carbocycles. The van der Waals surface area contributed by atoms with E-state index in [-0.39, 0.29) is 23.1 Å². The van der Waals surface area contributed by atoms with Gasteiger partial charge in [0.15, 0.2) is 0 Å². The van der Waals surface area contributed by atoms with Crippen molar-refractivity contribution in [3.63, 3.8) is 0 Å². The van der Waals surface area contributed by atoms with E-state index in [2.05, 4.69) is 20.0 Å². The second kappa shape index (κ2) is 7.81. The van der Waals surface area contributed by atoms with Gasteiger partial charge in [0.25, 0.3) is 10.0 Å². The standard InChI is InChI=1S/C20H16ClFN4O2S/c21-15-7-2-1-5-13(15)11-14-6-3-9-18-19(14)25-20(26-29(18,27)28)24-12-17-16(22)8-4-10-23-17/h1-10H,11-12H2,(H2,24,25,26). The van der Waals surface area contributed by atoms with E-state index < -0.39 is 15.8 Å². The second-order valence-corrected chi connectivity index (χ2v) is 8.44. The number of fused-ring (bicyclic) bond motifs is 1. The van der Waals surface area contributed by atoms with Crippen LogP contribution in [0.2, 0.25) is 5.02 Å². The molecule has 0 saturated carbocycles. The van der Waals surface area contributed by atoms with Crippen LogP contribution in [0, 0.1) is 5.82 Å². The summed E-state index contributed by atoms with van der Waals surface area (Å²) in [6.45, 7) is -0.112. The molecule has 0 amide bonds. The molecule has 0 saturated heterocycles. The van der Waals surface area contributed by atoms with Gasteiger partial charge in [0.05, 0.1) is 17.9 Å². The highest BCUT2D eigenvalue weighted by atomic mass is 35.5. The van der Waals surface area contributed by atoms with Crippen molar-refractivity contribution in [2.45, 2.75) is 17.9 Å². The average molecular weight is 431 g/mol. The van der Waals surface area contributed by atoms with Crippen LogP contribution < -0.4 is 10.0 Å². The van der Waals surface area contributed by atoms with Gasteiger partial charge in [-0.3, -0.25) is 4.98 Å². The first-order valence-electron chi connectivity index (χ1n) is 8.73. The van der Waals surface area contributed by atoms with Gasteiger partial charge < -0.3 is 5.32 Å². The number of benzene rings is 2. The van der Waals surface area contributed by atoms with Crippen molar-refractivity contribution in [2.75, 3.05) is 5.32 Å². The van der Waals surface area contributed by atoms with E-state index in [1.165, 1.54) is 24.4 Å². The summed E-state index contributed by atoms with van der Waals surface area (Å²) < 4.78 is 41.5. The van der Waals surface area contributed by atoms with Crippen molar-refractivity contribution >= 4 is 33.3 Å². The summed E-state index contributed by atoms with van der Waals surface area (Å²) in [5.41, 5.74) is 2.16. The van der Waals surface area contributed by atoms with E-state index >= 15 is 0 Å². The third-order valence-electron chi connectivity index (χ3n) is 4.44. The van der Waals surface area contributed by atoms with Gasteiger partial charge in [-0.15, -0.1) is 0 Å². The monoisotopic (exact) mass is 430 g/mol. The van der Waals surface area contributed by atoms with Gasteiger partial charge in [-0.1, -0.05) is 41.9 Å². The molecule has 0 spiro atoms. The van der Waals surface area contributed by atoms with E-state index in [0.29, 0.717) is 17.1 Å². The Balaban J connectivity index is 1.69. The van der Waals surface area contributed by atoms with Crippen LogP contribution >= 0.6 is 11.6 Å². The molecule has 0 atom stereocenters. The predicted molar refractivity (Wildman–Crippen MR) is 110 cm³/mol. The first-order valence-corrected chi connectivity index (χ1v) is 10.6. The van der Waals surface area contributed by atoms with Gasteiger partial charge in [0.2, 0.25) is 5.96 Å². The quantitative estimate of drug-likeness (QED) is 0.660. The molecule has 2 N–H and O–H groups in total. The summed E-state index contributed by atoms with van der Waals surface area (Å²) in [4.78, 5) is 8.20. The minimum Gasteiger partial charge on any atom is -0.324 e. The third-order valence-corrected chi connectivity index (χ3v) is 6.19. The maximum absolute atomic E-state index is 13.8. The number of rotatable bonds is 4. The molecule has 4 rings (SSSR count). The SMILES string of the molecule is O=S1(=O)NC(=NCc2ncccc2F)Nc2c(Cc3ccccc3Cl)cccc21. The van der Waals surface area contributed by atoms with Crippen molar-refractivity contribution in [3.05, 3.63) is 88.5 Å². The fourth-order valence-corrected chi connectivity index (χ4v) is 4.41. The molecule has 0 unspecified atom stereocenters. The normalized spacial score (nSPS) is 16.0. The maximum Gasteiger partial charge on any atom is 0.266 e. The van der Waals surface area contributed by atoms with Crippen molar-refractivity contribution in [1.82, 2.24) is 9.71 Å². The van der Waals surface area contributed by atoms with Crippen LogP contribution in [0.15, 0.2) is 70.7 Å².